The molecular weight excluding hydrogens is 194 g/mol. The molecule has 0 amide bonds. The molecule has 0 saturated heterocycles. The highest BCUT2D eigenvalue weighted by Gasteiger charge is 2.15. The number of allylic oxidation sites excluding steroid dienone is 1. The third-order valence-electron chi connectivity index (χ3n) is 2.84. The molecule has 0 aromatic carbocycles. The maximum atomic E-state index is 11.3. The first kappa shape index (κ1) is 11.8. The zero-order chi connectivity index (χ0) is 11.3. The van der Waals surface area contributed by atoms with Crippen molar-refractivity contribution in [2.75, 3.05) is 0 Å². The summed E-state index contributed by atoms with van der Waals surface area (Å²) in [5.41, 5.74) is 4.77. The van der Waals surface area contributed by atoms with Crippen LogP contribution in [0.15, 0.2) is 11.8 Å². The summed E-state index contributed by atoms with van der Waals surface area (Å²) >= 11 is 0. The van der Waals surface area contributed by atoms with Gasteiger partial charge in [0.25, 0.3) is 0 Å². The fraction of sp³-hybridized carbons (Fsp3) is 0.636. The van der Waals surface area contributed by atoms with Crippen molar-refractivity contribution in [2.24, 2.45) is 11.7 Å². The zero-order valence-electron chi connectivity index (χ0n) is 8.74. The van der Waals surface area contributed by atoms with Gasteiger partial charge in [-0.3, -0.25) is 4.79 Å². The van der Waals surface area contributed by atoms with E-state index in [4.69, 9.17) is 10.8 Å². The molecule has 1 saturated carbocycles. The molecule has 1 fully saturated rings. The summed E-state index contributed by atoms with van der Waals surface area (Å²) in [6.07, 6.45) is 7.22. The number of aliphatic carboxylic acids is 1. The summed E-state index contributed by atoms with van der Waals surface area (Å²) in [6.45, 7) is 0. The molecular formula is C11H17NO3. The lowest BCUT2D eigenvalue weighted by Gasteiger charge is -2.05. The number of hydrogen-bond donors (Lipinski definition) is 2. The van der Waals surface area contributed by atoms with Gasteiger partial charge in [0.15, 0.2) is 5.78 Å². The Hall–Kier alpha value is -1.32. The largest absolute Gasteiger partial charge is 0.477 e. The lowest BCUT2D eigenvalue weighted by molar-refractivity contribution is -0.133. The summed E-state index contributed by atoms with van der Waals surface area (Å²) in [5, 5.41) is 8.47. The summed E-state index contributed by atoms with van der Waals surface area (Å²) in [4.78, 5) is 21.6. The van der Waals surface area contributed by atoms with E-state index in [1.165, 1.54) is 25.7 Å². The smallest absolute Gasteiger partial charge is 0.351 e. The third kappa shape index (κ3) is 4.14. The van der Waals surface area contributed by atoms with Crippen LogP contribution < -0.4 is 5.73 Å². The van der Waals surface area contributed by atoms with E-state index in [0.717, 1.165) is 12.5 Å². The molecule has 0 aromatic heterocycles. The standard InChI is InChI=1S/C11H17NO3/c12-10(11(14)15)7-9(13)6-5-8-3-1-2-4-8/h7-8H,1-6,12H2,(H,14,15). The number of carbonyl (C=O) groups excluding carboxylic acids is 1. The number of ketones is 1. The van der Waals surface area contributed by atoms with E-state index in [-0.39, 0.29) is 11.5 Å². The molecule has 0 aromatic rings. The summed E-state index contributed by atoms with van der Waals surface area (Å²) in [7, 11) is 0. The Balaban J connectivity index is 2.29. The van der Waals surface area contributed by atoms with Crippen LogP contribution in [-0.4, -0.2) is 16.9 Å². The minimum Gasteiger partial charge on any atom is -0.477 e. The second-order valence-electron chi connectivity index (χ2n) is 4.06. The van der Waals surface area contributed by atoms with Gasteiger partial charge in [-0.15, -0.1) is 0 Å². The zero-order valence-corrected chi connectivity index (χ0v) is 8.74. The van der Waals surface area contributed by atoms with Gasteiger partial charge in [0.2, 0.25) is 0 Å². The first-order valence-corrected chi connectivity index (χ1v) is 5.33. The Bertz CT molecular complexity index is 278. The molecule has 4 nitrogen and oxygen atoms in total. The normalized spacial score (nSPS) is 18.0. The van der Waals surface area contributed by atoms with Crippen LogP contribution in [0.1, 0.15) is 38.5 Å². The highest BCUT2D eigenvalue weighted by molar-refractivity contribution is 5.98. The number of carbonyl (C=O) groups is 2. The van der Waals surface area contributed by atoms with Crippen molar-refractivity contribution in [1.82, 2.24) is 0 Å². The van der Waals surface area contributed by atoms with Gasteiger partial charge >= 0.3 is 5.97 Å². The molecule has 4 heteroatoms. The van der Waals surface area contributed by atoms with Crippen molar-refractivity contribution < 1.29 is 14.7 Å². The first-order chi connectivity index (χ1) is 7.09. The van der Waals surface area contributed by atoms with E-state index in [1.54, 1.807) is 0 Å². The van der Waals surface area contributed by atoms with Gasteiger partial charge in [0.05, 0.1) is 0 Å². The van der Waals surface area contributed by atoms with E-state index in [2.05, 4.69) is 0 Å². The van der Waals surface area contributed by atoms with E-state index in [9.17, 15) is 9.59 Å². The maximum Gasteiger partial charge on any atom is 0.351 e. The molecule has 0 unspecified atom stereocenters. The first-order valence-electron chi connectivity index (χ1n) is 5.33. The summed E-state index contributed by atoms with van der Waals surface area (Å²) in [5.74, 6) is -0.764. The number of rotatable bonds is 5. The van der Waals surface area contributed by atoms with Crippen molar-refractivity contribution >= 4 is 11.8 Å². The quantitative estimate of drug-likeness (QED) is 0.674. The monoisotopic (exact) mass is 211 g/mol. The maximum absolute atomic E-state index is 11.3. The number of hydrogen-bond acceptors (Lipinski definition) is 3. The van der Waals surface area contributed by atoms with E-state index >= 15 is 0 Å². The number of carboxylic acids is 1. The molecule has 0 radical (unpaired) electrons. The third-order valence-corrected chi connectivity index (χ3v) is 2.84. The highest BCUT2D eigenvalue weighted by atomic mass is 16.4. The Morgan fingerprint density at radius 3 is 2.47 bits per heavy atom. The SMILES string of the molecule is NC(=CC(=O)CCC1CCCC1)C(=O)O. The van der Waals surface area contributed by atoms with Gasteiger partial charge in [-0.2, -0.15) is 0 Å². The van der Waals surface area contributed by atoms with Crippen LogP contribution >= 0.6 is 0 Å². The molecule has 84 valence electrons. The van der Waals surface area contributed by atoms with E-state index in [0.29, 0.717) is 12.3 Å². The second kappa shape index (κ2) is 5.53. The average Bonchev–Trinajstić information content (AvgIpc) is 2.66. The van der Waals surface area contributed by atoms with E-state index < -0.39 is 5.97 Å². The minimum atomic E-state index is -1.23. The van der Waals surface area contributed by atoms with Crippen LogP contribution in [0.25, 0.3) is 0 Å². The Morgan fingerprint density at radius 2 is 1.93 bits per heavy atom. The van der Waals surface area contributed by atoms with Crippen LogP contribution in [0, 0.1) is 5.92 Å². The molecule has 1 rings (SSSR count). The fourth-order valence-corrected chi connectivity index (χ4v) is 1.95. The highest BCUT2D eigenvalue weighted by Crippen LogP contribution is 2.28. The second-order valence-corrected chi connectivity index (χ2v) is 4.06. The van der Waals surface area contributed by atoms with Crippen LogP contribution in [-0.2, 0) is 9.59 Å². The van der Waals surface area contributed by atoms with Crippen LogP contribution in [0.3, 0.4) is 0 Å². The average molecular weight is 211 g/mol. The van der Waals surface area contributed by atoms with Crippen LogP contribution in [0.5, 0.6) is 0 Å². The molecule has 0 atom stereocenters. The Labute approximate surface area is 89.2 Å². The van der Waals surface area contributed by atoms with Crippen molar-refractivity contribution in [2.45, 2.75) is 38.5 Å². The lowest BCUT2D eigenvalue weighted by Crippen LogP contribution is -2.12. The number of carboxylic acid groups (broad SMARTS) is 1. The van der Waals surface area contributed by atoms with Crippen LogP contribution in [0.4, 0.5) is 0 Å². The summed E-state index contributed by atoms with van der Waals surface area (Å²) in [6, 6.07) is 0. The topological polar surface area (TPSA) is 80.4 Å². The molecule has 1 aliphatic carbocycles. The minimum absolute atomic E-state index is 0.179. The van der Waals surface area contributed by atoms with Gasteiger partial charge in [0, 0.05) is 12.5 Å². The Kier molecular flexibility index (Phi) is 4.34. The molecule has 0 spiro atoms. The fourth-order valence-electron chi connectivity index (χ4n) is 1.95. The predicted octanol–water partition coefficient (Wildman–Crippen LogP) is 1.45. The van der Waals surface area contributed by atoms with Crippen LogP contribution in [0.2, 0.25) is 0 Å². The van der Waals surface area contributed by atoms with Crippen molar-refractivity contribution in [3.05, 3.63) is 11.8 Å². The molecule has 0 aliphatic heterocycles. The van der Waals surface area contributed by atoms with Crippen molar-refractivity contribution in [3.63, 3.8) is 0 Å². The lowest BCUT2D eigenvalue weighted by atomic mass is 10.00. The van der Waals surface area contributed by atoms with Gasteiger partial charge in [0.1, 0.15) is 5.70 Å². The molecule has 0 heterocycles. The van der Waals surface area contributed by atoms with Gasteiger partial charge in [-0.25, -0.2) is 4.79 Å². The molecule has 0 bridgehead atoms. The van der Waals surface area contributed by atoms with Gasteiger partial charge in [-0.1, -0.05) is 25.7 Å². The molecule has 1 aliphatic rings. The Morgan fingerprint density at radius 1 is 1.33 bits per heavy atom. The van der Waals surface area contributed by atoms with Gasteiger partial charge < -0.3 is 10.8 Å². The summed E-state index contributed by atoms with van der Waals surface area (Å²) < 4.78 is 0. The predicted molar refractivity (Wildman–Crippen MR) is 56.1 cm³/mol. The van der Waals surface area contributed by atoms with E-state index in [1.807, 2.05) is 0 Å². The molecule has 3 N–H and O–H groups in total. The van der Waals surface area contributed by atoms with Gasteiger partial charge in [-0.05, 0) is 12.3 Å². The molecule has 15 heavy (non-hydrogen) atoms. The van der Waals surface area contributed by atoms with Crippen molar-refractivity contribution in [1.29, 1.82) is 0 Å². The van der Waals surface area contributed by atoms with Crippen molar-refractivity contribution in [3.8, 4) is 0 Å². The number of nitrogens with two attached hydrogens (primary N) is 1.